The second-order valence-electron chi connectivity index (χ2n) is 4.53. The Morgan fingerprint density at radius 1 is 1.44 bits per heavy atom. The van der Waals surface area contributed by atoms with Crippen molar-refractivity contribution in [2.45, 2.75) is 39.0 Å². The van der Waals surface area contributed by atoms with Crippen molar-refractivity contribution in [1.82, 2.24) is 9.97 Å². The normalized spacial score (nSPS) is 15.0. The van der Waals surface area contributed by atoms with Crippen LogP contribution in [0.25, 0.3) is 0 Å². The molecule has 4 nitrogen and oxygen atoms in total. The molecule has 1 aliphatic carbocycles. The van der Waals surface area contributed by atoms with Crippen molar-refractivity contribution in [2.75, 3.05) is 18.5 Å². The summed E-state index contributed by atoms with van der Waals surface area (Å²) in [5.41, 5.74) is 0. The molecule has 1 aliphatic rings. The number of rotatable bonds is 7. The first-order valence-corrected chi connectivity index (χ1v) is 6.70. The van der Waals surface area contributed by atoms with Gasteiger partial charge in [-0.05, 0) is 26.2 Å². The summed E-state index contributed by atoms with van der Waals surface area (Å²) >= 11 is 0. The lowest BCUT2D eigenvalue weighted by Crippen LogP contribution is -2.06. The van der Waals surface area contributed by atoms with Crippen molar-refractivity contribution < 1.29 is 4.74 Å². The average molecular weight is 247 g/mol. The molecule has 1 N–H and O–H groups in total. The Bertz CT molecular complexity index is 414. The summed E-state index contributed by atoms with van der Waals surface area (Å²) in [5, 5.41) is 3.30. The molecule has 0 aromatic carbocycles. The summed E-state index contributed by atoms with van der Waals surface area (Å²) in [7, 11) is 0. The molecule has 98 valence electrons. The third-order valence-electron chi connectivity index (χ3n) is 2.78. The Morgan fingerprint density at radius 2 is 2.28 bits per heavy atom. The summed E-state index contributed by atoms with van der Waals surface area (Å²) in [6.45, 7) is 5.60. The van der Waals surface area contributed by atoms with E-state index in [4.69, 9.17) is 4.74 Å². The van der Waals surface area contributed by atoms with Crippen LogP contribution in [0, 0.1) is 0 Å². The fraction of sp³-hybridized carbons (Fsp3) is 0.571. The molecule has 4 heteroatoms. The first-order chi connectivity index (χ1) is 8.83. The molecule has 18 heavy (non-hydrogen) atoms. The van der Waals surface area contributed by atoms with E-state index >= 15 is 0 Å². The molecule has 0 bridgehead atoms. The molecule has 0 amide bonds. The zero-order chi connectivity index (χ0) is 12.8. The largest absolute Gasteiger partial charge is 0.473 e. The molecule has 0 radical (unpaired) electrons. The predicted octanol–water partition coefficient (Wildman–Crippen LogP) is 3.13. The van der Waals surface area contributed by atoms with Crippen molar-refractivity contribution in [2.24, 2.45) is 0 Å². The maximum Gasteiger partial charge on any atom is 0.219 e. The molecule has 0 aliphatic heterocycles. The molecule has 1 aromatic heterocycles. The predicted molar refractivity (Wildman–Crippen MR) is 73.1 cm³/mol. The first kappa shape index (κ1) is 12.9. The van der Waals surface area contributed by atoms with Gasteiger partial charge in [0, 0.05) is 18.5 Å². The molecule has 0 atom stereocenters. The highest BCUT2D eigenvalue weighted by atomic mass is 16.5. The summed E-state index contributed by atoms with van der Waals surface area (Å²) in [6, 6.07) is 1.88. The number of hydrogen-bond acceptors (Lipinski definition) is 4. The average Bonchev–Trinajstić information content (AvgIpc) is 3.21. The Morgan fingerprint density at radius 3 is 2.94 bits per heavy atom. The van der Waals surface area contributed by atoms with Crippen LogP contribution in [0.5, 0.6) is 5.88 Å². The van der Waals surface area contributed by atoms with Gasteiger partial charge in [-0.1, -0.05) is 19.1 Å². The third-order valence-corrected chi connectivity index (χ3v) is 2.78. The molecule has 1 fully saturated rings. The number of nitrogens with one attached hydrogen (secondary N) is 1. The molecule has 0 spiro atoms. The highest BCUT2D eigenvalue weighted by molar-refractivity contribution is 5.39. The van der Waals surface area contributed by atoms with Gasteiger partial charge in [-0.3, -0.25) is 0 Å². The van der Waals surface area contributed by atoms with Crippen LogP contribution in [0.15, 0.2) is 18.2 Å². The fourth-order valence-corrected chi connectivity index (χ4v) is 1.61. The number of hydrogen-bond donors (Lipinski definition) is 1. The lowest BCUT2D eigenvalue weighted by molar-refractivity contribution is 0.346. The standard InChI is InChI=1S/C14H21N3O/c1-3-5-9-18-13-10-12(15-8-4-2)16-14(17-13)11-6-7-11/h3,5,10-11H,4,6-9H2,1-2H3,(H,15,16,17)/b5-3+. The summed E-state index contributed by atoms with van der Waals surface area (Å²) in [5.74, 6) is 3.01. The minimum Gasteiger partial charge on any atom is -0.473 e. The fourth-order valence-electron chi connectivity index (χ4n) is 1.61. The highest BCUT2D eigenvalue weighted by Crippen LogP contribution is 2.39. The van der Waals surface area contributed by atoms with Crippen LogP contribution in [0.1, 0.15) is 44.9 Å². The quantitative estimate of drug-likeness (QED) is 0.752. The Hall–Kier alpha value is -1.58. The van der Waals surface area contributed by atoms with Crippen LogP contribution in [0.2, 0.25) is 0 Å². The van der Waals surface area contributed by atoms with E-state index in [9.17, 15) is 0 Å². The number of allylic oxidation sites excluding steroid dienone is 1. The Balaban J connectivity index is 2.08. The van der Waals surface area contributed by atoms with E-state index < -0.39 is 0 Å². The molecule has 1 saturated carbocycles. The molecular formula is C14H21N3O. The van der Waals surface area contributed by atoms with Crippen LogP contribution >= 0.6 is 0 Å². The lowest BCUT2D eigenvalue weighted by atomic mass is 10.4. The van der Waals surface area contributed by atoms with Gasteiger partial charge >= 0.3 is 0 Å². The maximum absolute atomic E-state index is 5.61. The van der Waals surface area contributed by atoms with Gasteiger partial charge in [0.15, 0.2) is 0 Å². The first-order valence-electron chi connectivity index (χ1n) is 6.70. The Kier molecular flexibility index (Phi) is 4.56. The molecule has 2 rings (SSSR count). The highest BCUT2D eigenvalue weighted by Gasteiger charge is 2.27. The van der Waals surface area contributed by atoms with E-state index in [1.165, 1.54) is 12.8 Å². The molecular weight excluding hydrogens is 226 g/mol. The van der Waals surface area contributed by atoms with Crippen LogP contribution in [0.3, 0.4) is 0 Å². The second-order valence-corrected chi connectivity index (χ2v) is 4.53. The number of ether oxygens (including phenoxy) is 1. The van der Waals surface area contributed by atoms with Gasteiger partial charge in [-0.2, -0.15) is 4.98 Å². The smallest absolute Gasteiger partial charge is 0.219 e. The summed E-state index contributed by atoms with van der Waals surface area (Å²) < 4.78 is 5.61. The maximum atomic E-state index is 5.61. The van der Waals surface area contributed by atoms with Gasteiger partial charge in [0.05, 0.1) is 0 Å². The number of anilines is 1. The van der Waals surface area contributed by atoms with E-state index in [1.54, 1.807) is 0 Å². The monoisotopic (exact) mass is 247 g/mol. The molecule has 0 saturated heterocycles. The molecule has 1 heterocycles. The van der Waals surface area contributed by atoms with E-state index in [2.05, 4.69) is 22.2 Å². The van der Waals surface area contributed by atoms with E-state index in [0.29, 0.717) is 18.4 Å². The Labute approximate surface area is 108 Å². The van der Waals surface area contributed by atoms with Gasteiger partial charge in [-0.15, -0.1) is 0 Å². The van der Waals surface area contributed by atoms with Crippen LogP contribution < -0.4 is 10.1 Å². The van der Waals surface area contributed by atoms with Gasteiger partial charge < -0.3 is 10.1 Å². The molecule has 0 unspecified atom stereocenters. The van der Waals surface area contributed by atoms with E-state index in [-0.39, 0.29) is 0 Å². The van der Waals surface area contributed by atoms with Crippen molar-refractivity contribution in [3.8, 4) is 5.88 Å². The minimum absolute atomic E-state index is 0.539. The van der Waals surface area contributed by atoms with Crippen molar-refractivity contribution >= 4 is 5.82 Å². The summed E-state index contributed by atoms with van der Waals surface area (Å²) in [4.78, 5) is 9.01. The van der Waals surface area contributed by atoms with Crippen LogP contribution in [-0.2, 0) is 0 Å². The lowest BCUT2D eigenvalue weighted by Gasteiger charge is -2.09. The summed E-state index contributed by atoms with van der Waals surface area (Å²) in [6.07, 6.45) is 7.42. The topological polar surface area (TPSA) is 47.0 Å². The SMILES string of the molecule is C/C=C/COc1cc(NCCC)nc(C2CC2)n1. The minimum atomic E-state index is 0.539. The zero-order valence-corrected chi connectivity index (χ0v) is 11.1. The van der Waals surface area contributed by atoms with Crippen molar-refractivity contribution in [1.29, 1.82) is 0 Å². The van der Waals surface area contributed by atoms with Crippen molar-refractivity contribution in [3.63, 3.8) is 0 Å². The third kappa shape index (κ3) is 3.72. The zero-order valence-electron chi connectivity index (χ0n) is 11.1. The van der Waals surface area contributed by atoms with Gasteiger partial charge in [0.25, 0.3) is 0 Å². The van der Waals surface area contributed by atoms with Gasteiger partial charge in [0.1, 0.15) is 18.2 Å². The molecule has 1 aromatic rings. The van der Waals surface area contributed by atoms with Crippen molar-refractivity contribution in [3.05, 3.63) is 24.0 Å². The van der Waals surface area contributed by atoms with E-state index in [0.717, 1.165) is 24.6 Å². The van der Waals surface area contributed by atoms with Gasteiger partial charge in [0.2, 0.25) is 5.88 Å². The van der Waals surface area contributed by atoms with Crippen LogP contribution in [0.4, 0.5) is 5.82 Å². The number of aromatic nitrogens is 2. The van der Waals surface area contributed by atoms with Gasteiger partial charge in [-0.25, -0.2) is 4.98 Å². The van der Waals surface area contributed by atoms with E-state index in [1.807, 2.05) is 25.1 Å². The second kappa shape index (κ2) is 6.38. The van der Waals surface area contributed by atoms with Crippen LogP contribution in [-0.4, -0.2) is 23.1 Å². The number of nitrogens with zero attached hydrogens (tertiary/aromatic N) is 2.